The number of carbonyl (C=O) groups excluding carboxylic acids is 1. The molecule has 5 heteroatoms. The molecule has 24 heavy (non-hydrogen) atoms. The molecule has 0 saturated heterocycles. The molecule has 0 fully saturated rings. The highest BCUT2D eigenvalue weighted by atomic mass is 16.4. The summed E-state index contributed by atoms with van der Waals surface area (Å²) in [6.45, 7) is 6.08. The largest absolute Gasteiger partial charge is 0.478 e. The molecular weight excluding hydrogens is 304 g/mol. The van der Waals surface area contributed by atoms with Gasteiger partial charge in [0, 0.05) is 18.8 Å². The monoisotopic (exact) mass is 324 g/mol. The van der Waals surface area contributed by atoms with Gasteiger partial charge in [-0.2, -0.15) is 0 Å². The van der Waals surface area contributed by atoms with Crippen molar-refractivity contribution in [1.82, 2.24) is 4.90 Å². The van der Waals surface area contributed by atoms with Crippen LogP contribution in [0.2, 0.25) is 0 Å². The Bertz CT molecular complexity index is 766. The van der Waals surface area contributed by atoms with Crippen LogP contribution in [-0.2, 0) is 17.9 Å². The van der Waals surface area contributed by atoms with Gasteiger partial charge in [0.2, 0.25) is 5.91 Å². The van der Waals surface area contributed by atoms with Crippen molar-refractivity contribution in [2.24, 2.45) is 0 Å². The predicted molar refractivity (Wildman–Crippen MR) is 92.1 cm³/mol. The number of fused-ring (bicyclic) bond motifs is 1. The topological polar surface area (TPSA) is 69.6 Å². The Kier molecular flexibility index (Phi) is 4.36. The second-order valence-corrected chi connectivity index (χ2v) is 6.28. The van der Waals surface area contributed by atoms with Crippen LogP contribution >= 0.6 is 0 Å². The summed E-state index contributed by atoms with van der Waals surface area (Å²) in [6.07, 6.45) is 0. The first-order valence-corrected chi connectivity index (χ1v) is 7.87. The summed E-state index contributed by atoms with van der Waals surface area (Å²) < 4.78 is 0. The third-order valence-electron chi connectivity index (χ3n) is 4.39. The number of benzene rings is 2. The molecule has 0 radical (unpaired) electrons. The molecule has 0 atom stereocenters. The Morgan fingerprint density at radius 3 is 2.08 bits per heavy atom. The molecule has 1 heterocycles. The van der Waals surface area contributed by atoms with E-state index in [9.17, 15) is 9.59 Å². The summed E-state index contributed by atoms with van der Waals surface area (Å²) in [5.74, 6) is -1.08. The van der Waals surface area contributed by atoms with Crippen molar-refractivity contribution in [2.45, 2.75) is 26.9 Å². The lowest BCUT2D eigenvalue weighted by Gasteiger charge is -2.14. The number of carboxylic acids is 1. The molecule has 0 saturated carbocycles. The van der Waals surface area contributed by atoms with E-state index in [2.05, 4.69) is 36.2 Å². The zero-order chi connectivity index (χ0) is 17.3. The van der Waals surface area contributed by atoms with Gasteiger partial charge in [-0.3, -0.25) is 9.69 Å². The molecule has 0 aromatic heterocycles. The van der Waals surface area contributed by atoms with Crippen LogP contribution in [0.3, 0.4) is 0 Å². The number of carboxylic acid groups (broad SMARTS) is 1. The minimum absolute atomic E-state index is 0.0978. The number of aryl methyl sites for hydroxylation is 2. The lowest BCUT2D eigenvalue weighted by molar-refractivity contribution is -0.117. The maximum Gasteiger partial charge on any atom is 0.335 e. The Morgan fingerprint density at radius 1 is 1.04 bits per heavy atom. The van der Waals surface area contributed by atoms with E-state index >= 15 is 0 Å². The highest BCUT2D eigenvalue weighted by Crippen LogP contribution is 2.25. The minimum Gasteiger partial charge on any atom is -0.478 e. The quantitative estimate of drug-likeness (QED) is 0.907. The van der Waals surface area contributed by atoms with E-state index in [1.165, 1.54) is 34.4 Å². The molecule has 124 valence electrons. The third-order valence-corrected chi connectivity index (χ3v) is 4.39. The Hall–Kier alpha value is -2.66. The zero-order valence-corrected chi connectivity index (χ0v) is 13.8. The van der Waals surface area contributed by atoms with Crippen LogP contribution in [0.1, 0.15) is 32.6 Å². The number of aromatic carboxylic acids is 1. The summed E-state index contributed by atoms with van der Waals surface area (Å²) >= 11 is 0. The van der Waals surface area contributed by atoms with Crippen LogP contribution in [0.25, 0.3) is 0 Å². The van der Waals surface area contributed by atoms with Crippen molar-refractivity contribution in [3.8, 4) is 0 Å². The van der Waals surface area contributed by atoms with Gasteiger partial charge >= 0.3 is 5.97 Å². The number of carbonyl (C=O) groups is 2. The molecule has 2 aromatic rings. The van der Waals surface area contributed by atoms with Crippen LogP contribution in [-0.4, -0.2) is 28.4 Å². The maximum atomic E-state index is 12.2. The zero-order valence-electron chi connectivity index (χ0n) is 13.8. The fourth-order valence-corrected chi connectivity index (χ4v) is 2.98. The average Bonchev–Trinajstić information content (AvgIpc) is 2.89. The summed E-state index contributed by atoms with van der Waals surface area (Å²) in [4.78, 5) is 25.1. The molecule has 1 aliphatic heterocycles. The number of nitrogens with one attached hydrogen (secondary N) is 1. The number of hydrogen-bond donors (Lipinski definition) is 2. The van der Waals surface area contributed by atoms with E-state index in [4.69, 9.17) is 5.11 Å². The Labute approximate surface area is 140 Å². The van der Waals surface area contributed by atoms with Crippen molar-refractivity contribution in [2.75, 3.05) is 11.9 Å². The van der Waals surface area contributed by atoms with E-state index in [0.29, 0.717) is 12.2 Å². The molecule has 0 aliphatic carbocycles. The van der Waals surface area contributed by atoms with Gasteiger partial charge < -0.3 is 10.4 Å². The second-order valence-electron chi connectivity index (χ2n) is 6.28. The van der Waals surface area contributed by atoms with E-state index in [1.807, 2.05) is 0 Å². The molecule has 0 spiro atoms. The number of rotatable bonds is 4. The summed E-state index contributed by atoms with van der Waals surface area (Å²) in [6, 6.07) is 10.6. The van der Waals surface area contributed by atoms with E-state index < -0.39 is 5.97 Å². The average molecular weight is 324 g/mol. The molecule has 0 unspecified atom stereocenters. The van der Waals surface area contributed by atoms with Crippen LogP contribution in [0, 0.1) is 13.8 Å². The smallest absolute Gasteiger partial charge is 0.335 e. The minimum atomic E-state index is -0.978. The number of nitrogens with zero attached hydrogens (tertiary/aromatic N) is 1. The number of anilines is 1. The number of amides is 1. The van der Waals surface area contributed by atoms with E-state index in [1.54, 1.807) is 12.1 Å². The number of hydrogen-bond acceptors (Lipinski definition) is 3. The first kappa shape index (κ1) is 16.2. The van der Waals surface area contributed by atoms with Crippen molar-refractivity contribution < 1.29 is 14.7 Å². The first-order valence-electron chi connectivity index (χ1n) is 7.87. The van der Waals surface area contributed by atoms with Crippen LogP contribution < -0.4 is 5.32 Å². The lowest BCUT2D eigenvalue weighted by Crippen LogP contribution is -2.29. The maximum absolute atomic E-state index is 12.2. The van der Waals surface area contributed by atoms with Gasteiger partial charge in [0.05, 0.1) is 12.1 Å². The summed E-state index contributed by atoms with van der Waals surface area (Å²) in [5.41, 5.74) is 5.94. The van der Waals surface area contributed by atoms with Gasteiger partial charge in [-0.25, -0.2) is 4.79 Å². The molecule has 5 nitrogen and oxygen atoms in total. The van der Waals surface area contributed by atoms with Gasteiger partial charge in [0.15, 0.2) is 0 Å². The van der Waals surface area contributed by atoms with Gasteiger partial charge in [0.1, 0.15) is 0 Å². The van der Waals surface area contributed by atoms with Crippen LogP contribution in [0.4, 0.5) is 5.69 Å². The molecule has 1 amide bonds. The Balaban J connectivity index is 1.59. The normalized spacial score (nSPS) is 13.6. The molecule has 1 aliphatic rings. The standard InChI is InChI=1S/C19H20N2O3/c1-12-7-15-9-21(10-16(15)8-13(12)2)11-18(22)20-17-5-3-14(4-6-17)19(23)24/h3-8H,9-11H2,1-2H3,(H,20,22)(H,23,24). The van der Waals surface area contributed by atoms with E-state index in [-0.39, 0.29) is 11.5 Å². The lowest BCUT2D eigenvalue weighted by atomic mass is 10.0. The van der Waals surface area contributed by atoms with Crippen molar-refractivity contribution in [3.05, 3.63) is 64.2 Å². The van der Waals surface area contributed by atoms with Gasteiger partial charge in [-0.15, -0.1) is 0 Å². The second kappa shape index (κ2) is 6.45. The third kappa shape index (κ3) is 3.46. The molecule has 2 N–H and O–H groups in total. The Morgan fingerprint density at radius 2 is 1.58 bits per heavy atom. The van der Waals surface area contributed by atoms with Crippen molar-refractivity contribution in [1.29, 1.82) is 0 Å². The molecule has 0 bridgehead atoms. The molecule has 3 rings (SSSR count). The fourth-order valence-electron chi connectivity index (χ4n) is 2.98. The summed E-state index contributed by atoms with van der Waals surface area (Å²) in [7, 11) is 0. The first-order chi connectivity index (χ1) is 11.4. The van der Waals surface area contributed by atoms with Gasteiger partial charge in [-0.1, -0.05) is 12.1 Å². The van der Waals surface area contributed by atoms with Gasteiger partial charge in [-0.05, 0) is 60.4 Å². The highest BCUT2D eigenvalue weighted by molar-refractivity contribution is 5.93. The molecule has 2 aromatic carbocycles. The SMILES string of the molecule is Cc1cc2c(cc1C)CN(CC(=O)Nc1ccc(C(=O)O)cc1)C2. The van der Waals surface area contributed by atoms with Gasteiger partial charge in [0.25, 0.3) is 0 Å². The summed E-state index contributed by atoms with van der Waals surface area (Å²) in [5, 5.41) is 11.7. The predicted octanol–water partition coefficient (Wildman–Crippen LogP) is 2.96. The highest BCUT2D eigenvalue weighted by Gasteiger charge is 2.21. The fraction of sp³-hybridized carbons (Fsp3) is 0.263. The van der Waals surface area contributed by atoms with Crippen LogP contribution in [0.15, 0.2) is 36.4 Å². The van der Waals surface area contributed by atoms with E-state index in [0.717, 1.165) is 13.1 Å². The van der Waals surface area contributed by atoms with Crippen LogP contribution in [0.5, 0.6) is 0 Å². The van der Waals surface area contributed by atoms with Crippen molar-refractivity contribution >= 4 is 17.6 Å². The van der Waals surface area contributed by atoms with Crippen molar-refractivity contribution in [3.63, 3.8) is 0 Å². The molecular formula is C19H20N2O3.